The van der Waals surface area contributed by atoms with Crippen molar-refractivity contribution in [3.8, 4) is 0 Å². The van der Waals surface area contributed by atoms with Crippen LogP contribution < -0.4 is 10.0 Å². The highest BCUT2D eigenvalue weighted by molar-refractivity contribution is 7.90. The summed E-state index contributed by atoms with van der Waals surface area (Å²) in [5.41, 5.74) is 0. The summed E-state index contributed by atoms with van der Waals surface area (Å²) in [5, 5.41) is 6.82. The number of aromatic nitrogens is 3. The zero-order chi connectivity index (χ0) is 12.3. The number of rotatable bonds is 5. The molecule has 0 aliphatic carbocycles. The molecule has 0 radical (unpaired) electrons. The van der Waals surface area contributed by atoms with Crippen molar-refractivity contribution in [3.63, 3.8) is 0 Å². The lowest BCUT2D eigenvalue weighted by Gasteiger charge is -2.10. The van der Waals surface area contributed by atoms with E-state index in [1.54, 1.807) is 18.1 Å². The highest BCUT2D eigenvalue weighted by Gasteiger charge is 2.27. The predicted molar refractivity (Wildman–Crippen MR) is 62.9 cm³/mol. The van der Waals surface area contributed by atoms with E-state index in [2.05, 4.69) is 20.1 Å². The van der Waals surface area contributed by atoms with Gasteiger partial charge in [-0.2, -0.15) is 5.10 Å². The summed E-state index contributed by atoms with van der Waals surface area (Å²) in [5.74, 6) is 0.653. The van der Waals surface area contributed by atoms with Crippen LogP contribution >= 0.6 is 0 Å². The van der Waals surface area contributed by atoms with Gasteiger partial charge in [-0.1, -0.05) is 0 Å². The number of sulfonamides is 1. The van der Waals surface area contributed by atoms with Crippen LogP contribution in [0.5, 0.6) is 0 Å². The van der Waals surface area contributed by atoms with Gasteiger partial charge in [0.25, 0.3) is 0 Å². The van der Waals surface area contributed by atoms with Crippen molar-refractivity contribution in [2.75, 3.05) is 19.6 Å². The molecule has 1 fully saturated rings. The summed E-state index contributed by atoms with van der Waals surface area (Å²) >= 11 is 0. The van der Waals surface area contributed by atoms with Crippen LogP contribution in [0.1, 0.15) is 12.2 Å². The number of nitrogens with zero attached hydrogens (tertiary/aromatic N) is 3. The molecule has 1 aromatic heterocycles. The van der Waals surface area contributed by atoms with Gasteiger partial charge in [-0.05, 0) is 13.0 Å². The predicted octanol–water partition coefficient (Wildman–Crippen LogP) is -1.36. The minimum Gasteiger partial charge on any atom is -0.315 e. The smallest absolute Gasteiger partial charge is 0.215 e. The Kier molecular flexibility index (Phi) is 3.75. The van der Waals surface area contributed by atoms with Crippen LogP contribution in [0.2, 0.25) is 0 Å². The van der Waals surface area contributed by atoms with Crippen LogP contribution in [0.4, 0.5) is 0 Å². The van der Waals surface area contributed by atoms with E-state index >= 15 is 0 Å². The Balaban J connectivity index is 1.81. The zero-order valence-electron chi connectivity index (χ0n) is 9.76. The SMILES string of the molecule is Cn1cnc(CCNS(=O)(=O)C2CCNC2)n1. The molecule has 0 bridgehead atoms. The molecule has 2 rings (SSSR count). The van der Waals surface area contributed by atoms with Crippen LogP contribution in [0, 0.1) is 0 Å². The van der Waals surface area contributed by atoms with Crippen molar-refractivity contribution in [3.05, 3.63) is 12.2 Å². The van der Waals surface area contributed by atoms with Crippen LogP contribution in [-0.2, 0) is 23.5 Å². The van der Waals surface area contributed by atoms with Crippen molar-refractivity contribution < 1.29 is 8.42 Å². The number of hydrogen-bond donors (Lipinski definition) is 2. The van der Waals surface area contributed by atoms with Gasteiger partial charge < -0.3 is 5.32 Å². The van der Waals surface area contributed by atoms with Gasteiger partial charge in [0, 0.05) is 26.6 Å². The molecule has 1 unspecified atom stereocenters. The fourth-order valence-electron chi connectivity index (χ4n) is 1.81. The molecule has 8 heteroatoms. The van der Waals surface area contributed by atoms with E-state index in [9.17, 15) is 8.42 Å². The molecule has 0 amide bonds. The Labute approximate surface area is 101 Å². The Morgan fingerprint density at radius 3 is 3.06 bits per heavy atom. The summed E-state index contributed by atoms with van der Waals surface area (Å²) in [7, 11) is -1.42. The maximum Gasteiger partial charge on any atom is 0.215 e. The highest BCUT2D eigenvalue weighted by atomic mass is 32.2. The second-order valence-corrected chi connectivity index (χ2v) is 6.18. The van der Waals surface area contributed by atoms with Crippen molar-refractivity contribution in [2.24, 2.45) is 7.05 Å². The molecular weight excluding hydrogens is 242 g/mol. The maximum absolute atomic E-state index is 11.8. The number of nitrogens with one attached hydrogen (secondary N) is 2. The van der Waals surface area contributed by atoms with Crippen molar-refractivity contribution >= 4 is 10.0 Å². The normalized spacial score (nSPS) is 20.9. The van der Waals surface area contributed by atoms with Gasteiger partial charge in [0.05, 0.1) is 5.25 Å². The molecule has 1 aromatic rings. The van der Waals surface area contributed by atoms with E-state index in [1.165, 1.54) is 0 Å². The van der Waals surface area contributed by atoms with Gasteiger partial charge in [0.2, 0.25) is 10.0 Å². The van der Waals surface area contributed by atoms with Crippen molar-refractivity contribution in [2.45, 2.75) is 18.1 Å². The summed E-state index contributed by atoms with van der Waals surface area (Å²) in [6.07, 6.45) is 2.79. The molecule has 0 saturated carbocycles. The molecular formula is C9H17N5O2S. The minimum absolute atomic E-state index is 0.306. The van der Waals surface area contributed by atoms with Gasteiger partial charge in [-0.25, -0.2) is 18.1 Å². The number of aryl methyl sites for hydroxylation is 1. The molecule has 0 spiro atoms. The average molecular weight is 259 g/mol. The van der Waals surface area contributed by atoms with Crippen molar-refractivity contribution in [1.82, 2.24) is 24.8 Å². The van der Waals surface area contributed by atoms with E-state index in [-0.39, 0.29) is 5.25 Å². The van der Waals surface area contributed by atoms with Crippen molar-refractivity contribution in [1.29, 1.82) is 0 Å². The second-order valence-electron chi connectivity index (χ2n) is 4.14. The van der Waals surface area contributed by atoms with Gasteiger partial charge in [0.15, 0.2) is 5.82 Å². The minimum atomic E-state index is -3.20. The lowest BCUT2D eigenvalue weighted by molar-refractivity contribution is 0.567. The second kappa shape index (κ2) is 5.11. The lowest BCUT2D eigenvalue weighted by atomic mass is 10.4. The molecule has 1 saturated heterocycles. The summed E-state index contributed by atoms with van der Waals surface area (Å²) in [6, 6.07) is 0. The van der Waals surface area contributed by atoms with Crippen LogP contribution in [0.25, 0.3) is 0 Å². The summed E-state index contributed by atoms with van der Waals surface area (Å²) in [6.45, 7) is 1.66. The first-order chi connectivity index (χ1) is 8.08. The fourth-order valence-corrected chi connectivity index (χ4v) is 3.20. The third kappa shape index (κ3) is 3.24. The topological polar surface area (TPSA) is 88.9 Å². The standard InChI is InChI=1S/C9H17N5O2S/c1-14-7-11-9(13-14)3-5-12-17(15,16)8-2-4-10-6-8/h7-8,10,12H,2-6H2,1H3. The first-order valence-electron chi connectivity index (χ1n) is 5.61. The molecule has 7 nitrogen and oxygen atoms in total. The van der Waals surface area contributed by atoms with Gasteiger partial charge >= 0.3 is 0 Å². The Morgan fingerprint density at radius 2 is 2.47 bits per heavy atom. The van der Waals surface area contributed by atoms with Gasteiger partial charge in [-0.3, -0.25) is 4.68 Å². The van der Waals surface area contributed by atoms with Crippen LogP contribution in [0.3, 0.4) is 0 Å². The molecule has 2 heterocycles. The quantitative estimate of drug-likeness (QED) is 0.682. The van der Waals surface area contributed by atoms with Crippen LogP contribution in [0.15, 0.2) is 6.33 Å². The lowest BCUT2D eigenvalue weighted by Crippen LogP contribution is -2.36. The third-order valence-corrected chi connectivity index (χ3v) is 4.64. The summed E-state index contributed by atoms with van der Waals surface area (Å²) in [4.78, 5) is 4.04. The first kappa shape index (κ1) is 12.5. The molecule has 1 aliphatic heterocycles. The Hall–Kier alpha value is -0.990. The zero-order valence-corrected chi connectivity index (χ0v) is 10.6. The van der Waals surface area contributed by atoms with E-state index < -0.39 is 10.0 Å². The first-order valence-corrected chi connectivity index (χ1v) is 7.16. The van der Waals surface area contributed by atoms with E-state index in [1.807, 2.05) is 0 Å². The highest BCUT2D eigenvalue weighted by Crippen LogP contribution is 2.07. The molecule has 17 heavy (non-hydrogen) atoms. The number of hydrogen-bond acceptors (Lipinski definition) is 5. The maximum atomic E-state index is 11.8. The third-order valence-electron chi connectivity index (χ3n) is 2.75. The monoisotopic (exact) mass is 259 g/mol. The molecule has 1 aliphatic rings. The Morgan fingerprint density at radius 1 is 1.65 bits per heavy atom. The molecule has 1 atom stereocenters. The molecule has 2 N–H and O–H groups in total. The van der Waals surface area contributed by atoms with E-state index in [0.717, 1.165) is 6.54 Å². The van der Waals surface area contributed by atoms with Gasteiger partial charge in [0.1, 0.15) is 6.33 Å². The fraction of sp³-hybridized carbons (Fsp3) is 0.778. The van der Waals surface area contributed by atoms with Crippen LogP contribution in [-0.4, -0.2) is 48.1 Å². The summed E-state index contributed by atoms with van der Waals surface area (Å²) < 4.78 is 27.9. The Bertz CT molecular complexity index is 463. The molecule has 0 aromatic carbocycles. The largest absolute Gasteiger partial charge is 0.315 e. The average Bonchev–Trinajstić information content (AvgIpc) is 2.89. The molecule has 96 valence electrons. The van der Waals surface area contributed by atoms with E-state index in [0.29, 0.717) is 31.8 Å². The van der Waals surface area contributed by atoms with E-state index in [4.69, 9.17) is 0 Å². The van der Waals surface area contributed by atoms with Gasteiger partial charge in [-0.15, -0.1) is 0 Å².